The van der Waals surface area contributed by atoms with E-state index in [9.17, 15) is 4.79 Å². The van der Waals surface area contributed by atoms with Gasteiger partial charge in [-0.2, -0.15) is 0 Å². The lowest BCUT2D eigenvalue weighted by molar-refractivity contribution is -0.122. The third-order valence-electron chi connectivity index (χ3n) is 4.29. The molecule has 0 atom stereocenters. The Morgan fingerprint density at radius 2 is 2.10 bits per heavy atom. The van der Waals surface area contributed by atoms with E-state index in [-0.39, 0.29) is 5.91 Å². The van der Waals surface area contributed by atoms with Gasteiger partial charge in [0.15, 0.2) is 0 Å². The number of amides is 1. The maximum atomic E-state index is 12.2. The Hall–Kier alpha value is -1.61. The standard InChI is InChI=1S/C18H26N2O/c1-3-12-20(17-10-6-7-11-17)14-18(21)19-13-16-9-5-4-8-15(16)2/h3-5,8-9,17H,1,6-7,10-14H2,2H3,(H,19,21). The van der Waals surface area contributed by atoms with Crippen molar-refractivity contribution in [2.45, 2.75) is 45.2 Å². The molecule has 1 aliphatic rings. The smallest absolute Gasteiger partial charge is 0.234 e. The average molecular weight is 286 g/mol. The van der Waals surface area contributed by atoms with Crippen molar-refractivity contribution < 1.29 is 4.79 Å². The number of aryl methyl sites for hydroxylation is 1. The monoisotopic (exact) mass is 286 g/mol. The number of hydrogen-bond donors (Lipinski definition) is 1. The predicted molar refractivity (Wildman–Crippen MR) is 87.1 cm³/mol. The molecule has 1 N–H and O–H groups in total. The molecule has 0 unspecified atom stereocenters. The highest BCUT2D eigenvalue weighted by molar-refractivity contribution is 5.78. The summed E-state index contributed by atoms with van der Waals surface area (Å²) in [5, 5.41) is 3.04. The molecule has 0 heterocycles. The average Bonchev–Trinajstić information content (AvgIpc) is 3.00. The van der Waals surface area contributed by atoms with E-state index in [1.54, 1.807) is 0 Å². The molecule has 0 aromatic heterocycles. The number of rotatable bonds is 7. The van der Waals surface area contributed by atoms with Crippen molar-refractivity contribution >= 4 is 5.91 Å². The van der Waals surface area contributed by atoms with Gasteiger partial charge in [-0.1, -0.05) is 43.2 Å². The maximum Gasteiger partial charge on any atom is 0.234 e. The maximum absolute atomic E-state index is 12.2. The van der Waals surface area contributed by atoms with Gasteiger partial charge in [-0.15, -0.1) is 6.58 Å². The Labute approximate surface area is 128 Å². The fraction of sp³-hybridized carbons (Fsp3) is 0.500. The van der Waals surface area contributed by atoms with Crippen molar-refractivity contribution in [3.8, 4) is 0 Å². The highest BCUT2D eigenvalue weighted by atomic mass is 16.2. The van der Waals surface area contributed by atoms with E-state index in [0.29, 0.717) is 19.1 Å². The van der Waals surface area contributed by atoms with Crippen LogP contribution >= 0.6 is 0 Å². The van der Waals surface area contributed by atoms with E-state index in [4.69, 9.17) is 0 Å². The molecule has 1 aliphatic carbocycles. The largest absolute Gasteiger partial charge is 0.351 e. The van der Waals surface area contributed by atoms with Crippen molar-refractivity contribution in [1.29, 1.82) is 0 Å². The molecule has 0 spiro atoms. The molecule has 114 valence electrons. The molecule has 0 aliphatic heterocycles. The number of hydrogen-bond acceptors (Lipinski definition) is 2. The van der Waals surface area contributed by atoms with Crippen LogP contribution in [-0.4, -0.2) is 29.9 Å². The zero-order valence-corrected chi connectivity index (χ0v) is 13.0. The molecule has 1 saturated carbocycles. The van der Waals surface area contributed by atoms with Gasteiger partial charge in [0.1, 0.15) is 0 Å². The van der Waals surface area contributed by atoms with Gasteiger partial charge >= 0.3 is 0 Å². The van der Waals surface area contributed by atoms with Crippen LogP contribution < -0.4 is 5.32 Å². The molecule has 1 amide bonds. The first-order chi connectivity index (χ1) is 10.2. The number of carbonyl (C=O) groups is 1. The summed E-state index contributed by atoms with van der Waals surface area (Å²) in [5.74, 6) is 0.104. The number of nitrogens with one attached hydrogen (secondary N) is 1. The van der Waals surface area contributed by atoms with Crippen LogP contribution in [0.15, 0.2) is 36.9 Å². The topological polar surface area (TPSA) is 32.3 Å². The van der Waals surface area contributed by atoms with Crippen LogP contribution in [0.4, 0.5) is 0 Å². The number of carbonyl (C=O) groups excluding carboxylic acids is 1. The first-order valence-corrected chi connectivity index (χ1v) is 7.87. The van der Waals surface area contributed by atoms with Crippen LogP contribution in [0.3, 0.4) is 0 Å². The van der Waals surface area contributed by atoms with Crippen molar-refractivity contribution in [3.63, 3.8) is 0 Å². The molecular weight excluding hydrogens is 260 g/mol. The van der Waals surface area contributed by atoms with E-state index in [2.05, 4.69) is 35.9 Å². The Balaban J connectivity index is 1.84. The van der Waals surface area contributed by atoms with Crippen LogP contribution in [0.2, 0.25) is 0 Å². The minimum absolute atomic E-state index is 0.104. The SMILES string of the molecule is C=CCN(CC(=O)NCc1ccccc1C)C1CCCC1. The van der Waals surface area contributed by atoms with Crippen LogP contribution in [-0.2, 0) is 11.3 Å². The van der Waals surface area contributed by atoms with Gasteiger partial charge < -0.3 is 5.32 Å². The van der Waals surface area contributed by atoms with Gasteiger partial charge in [0.25, 0.3) is 0 Å². The van der Waals surface area contributed by atoms with E-state index >= 15 is 0 Å². The second kappa shape index (κ2) is 7.99. The van der Waals surface area contributed by atoms with Crippen LogP contribution in [0.25, 0.3) is 0 Å². The Bertz CT molecular complexity index is 478. The van der Waals surface area contributed by atoms with Crippen molar-refractivity contribution in [3.05, 3.63) is 48.0 Å². The van der Waals surface area contributed by atoms with Crippen molar-refractivity contribution in [2.75, 3.05) is 13.1 Å². The van der Waals surface area contributed by atoms with Crippen molar-refractivity contribution in [1.82, 2.24) is 10.2 Å². The summed E-state index contributed by atoms with van der Waals surface area (Å²) in [6, 6.07) is 8.72. The molecule has 1 fully saturated rings. The van der Waals surface area contributed by atoms with Gasteiger partial charge in [0.05, 0.1) is 6.54 Å². The summed E-state index contributed by atoms with van der Waals surface area (Å²) in [4.78, 5) is 14.4. The molecule has 2 rings (SSSR count). The first kappa shape index (κ1) is 15.8. The van der Waals surface area contributed by atoms with Gasteiger partial charge in [0, 0.05) is 19.1 Å². The Kier molecular flexibility index (Phi) is 6.00. The summed E-state index contributed by atoms with van der Waals surface area (Å²) in [7, 11) is 0. The van der Waals surface area contributed by atoms with E-state index in [1.165, 1.54) is 36.8 Å². The minimum atomic E-state index is 0.104. The molecule has 1 aromatic carbocycles. The molecule has 0 radical (unpaired) electrons. The molecule has 0 bridgehead atoms. The third kappa shape index (κ3) is 4.71. The quantitative estimate of drug-likeness (QED) is 0.781. The molecule has 3 heteroatoms. The lowest BCUT2D eigenvalue weighted by Crippen LogP contribution is -2.42. The zero-order chi connectivity index (χ0) is 15.1. The number of nitrogens with zero attached hydrogens (tertiary/aromatic N) is 1. The summed E-state index contributed by atoms with van der Waals surface area (Å²) < 4.78 is 0. The fourth-order valence-electron chi connectivity index (χ4n) is 3.02. The van der Waals surface area contributed by atoms with Crippen molar-refractivity contribution in [2.24, 2.45) is 0 Å². The molecular formula is C18H26N2O. The summed E-state index contributed by atoms with van der Waals surface area (Å²) in [6.07, 6.45) is 6.87. The Morgan fingerprint density at radius 1 is 1.38 bits per heavy atom. The Morgan fingerprint density at radius 3 is 2.76 bits per heavy atom. The van der Waals surface area contributed by atoms with E-state index < -0.39 is 0 Å². The summed E-state index contributed by atoms with van der Waals surface area (Å²) in [5.41, 5.74) is 2.40. The van der Waals surface area contributed by atoms with Gasteiger partial charge in [-0.25, -0.2) is 0 Å². The highest BCUT2D eigenvalue weighted by Crippen LogP contribution is 2.23. The molecule has 1 aromatic rings. The second-order valence-corrected chi connectivity index (χ2v) is 5.86. The first-order valence-electron chi connectivity index (χ1n) is 7.87. The summed E-state index contributed by atoms with van der Waals surface area (Å²) in [6.45, 7) is 7.76. The van der Waals surface area contributed by atoms with Gasteiger partial charge in [-0.3, -0.25) is 9.69 Å². The molecule has 3 nitrogen and oxygen atoms in total. The van der Waals surface area contributed by atoms with Crippen LogP contribution in [0.1, 0.15) is 36.8 Å². The number of benzene rings is 1. The molecule has 0 saturated heterocycles. The van der Waals surface area contributed by atoms with E-state index in [1.807, 2.05) is 18.2 Å². The lowest BCUT2D eigenvalue weighted by atomic mass is 10.1. The zero-order valence-electron chi connectivity index (χ0n) is 13.0. The van der Waals surface area contributed by atoms with Crippen LogP contribution in [0, 0.1) is 6.92 Å². The minimum Gasteiger partial charge on any atom is -0.351 e. The third-order valence-corrected chi connectivity index (χ3v) is 4.29. The second-order valence-electron chi connectivity index (χ2n) is 5.86. The normalized spacial score (nSPS) is 15.3. The van der Waals surface area contributed by atoms with E-state index in [0.717, 1.165) is 6.54 Å². The van der Waals surface area contributed by atoms with Crippen LogP contribution in [0.5, 0.6) is 0 Å². The summed E-state index contributed by atoms with van der Waals surface area (Å²) >= 11 is 0. The highest BCUT2D eigenvalue weighted by Gasteiger charge is 2.23. The van der Waals surface area contributed by atoms with Gasteiger partial charge in [-0.05, 0) is 30.9 Å². The lowest BCUT2D eigenvalue weighted by Gasteiger charge is -2.26. The molecule has 21 heavy (non-hydrogen) atoms. The predicted octanol–water partition coefficient (Wildman–Crippen LogP) is 3.04. The van der Waals surface area contributed by atoms with Gasteiger partial charge in [0.2, 0.25) is 5.91 Å². The fourth-order valence-corrected chi connectivity index (χ4v) is 3.02.